The number of hydrogen-bond acceptors (Lipinski definition) is 5. The van der Waals surface area contributed by atoms with Gasteiger partial charge in [0, 0.05) is 35.8 Å². The molecule has 2 aromatic carbocycles. The van der Waals surface area contributed by atoms with Gasteiger partial charge in [-0.05, 0) is 48.9 Å². The Balaban J connectivity index is 2.52. The van der Waals surface area contributed by atoms with Crippen LogP contribution in [0.2, 0.25) is 5.02 Å². The molecule has 0 fully saturated rings. The quantitative estimate of drug-likeness (QED) is 0.406. The first-order valence-corrected chi connectivity index (χ1v) is 9.79. The first-order valence-electron chi connectivity index (χ1n) is 9.41. The molecule has 0 aliphatic heterocycles. The molecule has 0 heterocycles. The van der Waals surface area contributed by atoms with Crippen molar-refractivity contribution in [1.29, 1.82) is 0 Å². The Bertz CT molecular complexity index is 1020. The summed E-state index contributed by atoms with van der Waals surface area (Å²) in [5, 5.41) is 2.96. The van der Waals surface area contributed by atoms with Gasteiger partial charge in [0.1, 0.15) is 0 Å². The normalized spacial score (nSPS) is 11.8. The average molecular weight is 428 g/mol. The molecule has 0 spiro atoms. The van der Waals surface area contributed by atoms with Crippen molar-refractivity contribution in [2.24, 2.45) is 10.4 Å². The fourth-order valence-corrected chi connectivity index (χ4v) is 2.82. The minimum atomic E-state index is -0.824. The van der Waals surface area contributed by atoms with Gasteiger partial charge >= 0.3 is 0 Å². The van der Waals surface area contributed by atoms with Crippen molar-refractivity contribution in [1.82, 2.24) is 0 Å². The number of aliphatic imine (C=N–C) groups is 1. The van der Waals surface area contributed by atoms with Gasteiger partial charge in [0.2, 0.25) is 0 Å². The Morgan fingerprint density at radius 3 is 2.30 bits per heavy atom. The first-order chi connectivity index (χ1) is 13.9. The molecule has 0 radical (unpaired) electrons. The van der Waals surface area contributed by atoms with E-state index >= 15 is 0 Å². The third kappa shape index (κ3) is 5.54. The molecule has 0 unspecified atom stereocenters. The van der Waals surface area contributed by atoms with E-state index in [9.17, 15) is 14.4 Å². The highest BCUT2D eigenvalue weighted by Crippen LogP contribution is 2.26. The number of aldehydes is 1. The SMILES string of the molecule is Cc1cc(N(C)C)ccc1N=C(C(=O)Nc1cc(Cl)ccc1C=O)C(=O)C(C)(C)C. The Labute approximate surface area is 181 Å². The third-order valence-electron chi connectivity index (χ3n) is 4.43. The number of rotatable bonds is 6. The molecule has 0 aliphatic rings. The molecule has 158 valence electrons. The van der Waals surface area contributed by atoms with E-state index in [1.807, 2.05) is 38.1 Å². The lowest BCUT2D eigenvalue weighted by atomic mass is 9.87. The van der Waals surface area contributed by atoms with Crippen LogP contribution in [0.25, 0.3) is 0 Å². The number of ketones is 1. The lowest BCUT2D eigenvalue weighted by Gasteiger charge is -2.19. The van der Waals surface area contributed by atoms with Crippen LogP contribution in [0.3, 0.4) is 0 Å². The molecule has 7 heteroatoms. The van der Waals surface area contributed by atoms with Crippen LogP contribution in [0.1, 0.15) is 36.7 Å². The maximum absolute atomic E-state index is 13.0. The van der Waals surface area contributed by atoms with E-state index in [-0.39, 0.29) is 17.0 Å². The van der Waals surface area contributed by atoms with Gasteiger partial charge in [-0.3, -0.25) is 14.4 Å². The lowest BCUT2D eigenvalue weighted by molar-refractivity contribution is -0.121. The molecule has 0 bridgehead atoms. The van der Waals surface area contributed by atoms with Crippen LogP contribution in [-0.2, 0) is 9.59 Å². The van der Waals surface area contributed by atoms with Gasteiger partial charge < -0.3 is 10.2 Å². The third-order valence-corrected chi connectivity index (χ3v) is 4.67. The largest absolute Gasteiger partial charge is 0.378 e. The summed E-state index contributed by atoms with van der Waals surface area (Å²) in [6.45, 7) is 7.02. The fraction of sp³-hybridized carbons (Fsp3) is 0.304. The van der Waals surface area contributed by atoms with Crippen LogP contribution in [0.15, 0.2) is 41.4 Å². The molecule has 0 aliphatic carbocycles. The Kier molecular flexibility index (Phi) is 7.16. The van der Waals surface area contributed by atoms with Gasteiger partial charge in [0.15, 0.2) is 17.8 Å². The highest BCUT2D eigenvalue weighted by atomic mass is 35.5. The zero-order valence-corrected chi connectivity index (χ0v) is 18.8. The standard InChI is InChI=1S/C23H26ClN3O3/c1-14-11-17(27(5)6)9-10-18(14)25-20(21(29)23(2,3)4)22(30)26-19-12-16(24)8-7-15(19)13-28/h7-13H,1-6H3,(H,26,30). The van der Waals surface area contributed by atoms with E-state index < -0.39 is 17.1 Å². The number of hydrogen-bond donors (Lipinski definition) is 1. The number of aryl methyl sites for hydroxylation is 1. The Morgan fingerprint density at radius 2 is 1.77 bits per heavy atom. The van der Waals surface area contributed by atoms with Crippen molar-refractivity contribution in [3.05, 3.63) is 52.5 Å². The average Bonchev–Trinajstić information content (AvgIpc) is 2.65. The number of benzene rings is 2. The van der Waals surface area contributed by atoms with E-state index in [1.54, 1.807) is 32.9 Å². The number of Topliss-reactive ketones (excluding diaryl/α,β-unsaturated/α-hetero) is 1. The number of halogens is 1. The van der Waals surface area contributed by atoms with Crippen LogP contribution < -0.4 is 10.2 Å². The van der Waals surface area contributed by atoms with E-state index in [0.29, 0.717) is 17.0 Å². The Morgan fingerprint density at radius 1 is 1.10 bits per heavy atom. The summed E-state index contributed by atoms with van der Waals surface area (Å²) in [7, 11) is 3.85. The summed E-state index contributed by atoms with van der Waals surface area (Å²) in [6, 6.07) is 10.1. The van der Waals surface area contributed by atoms with Gasteiger partial charge in [-0.15, -0.1) is 0 Å². The molecular weight excluding hydrogens is 402 g/mol. The van der Waals surface area contributed by atoms with Crippen LogP contribution in [0.5, 0.6) is 0 Å². The second-order valence-corrected chi connectivity index (χ2v) is 8.64. The maximum Gasteiger partial charge on any atom is 0.278 e. The number of nitrogens with zero attached hydrogens (tertiary/aromatic N) is 2. The summed E-state index contributed by atoms with van der Waals surface area (Å²) >= 11 is 5.99. The number of nitrogens with one attached hydrogen (secondary N) is 1. The summed E-state index contributed by atoms with van der Waals surface area (Å²) in [6.07, 6.45) is 0.610. The van der Waals surface area contributed by atoms with Crippen molar-refractivity contribution < 1.29 is 14.4 Å². The molecule has 2 rings (SSSR count). The van der Waals surface area contributed by atoms with Gasteiger partial charge in [0.25, 0.3) is 5.91 Å². The number of carbonyl (C=O) groups is 3. The van der Waals surface area contributed by atoms with E-state index in [4.69, 9.17) is 11.6 Å². The minimum absolute atomic E-state index is 0.219. The molecule has 0 aromatic heterocycles. The molecular formula is C23H26ClN3O3. The molecule has 2 aromatic rings. The fourth-order valence-electron chi connectivity index (χ4n) is 2.64. The summed E-state index contributed by atoms with van der Waals surface area (Å²) in [5.74, 6) is -1.11. The highest BCUT2D eigenvalue weighted by molar-refractivity contribution is 6.68. The van der Waals surface area contributed by atoms with Crippen molar-refractivity contribution in [3.63, 3.8) is 0 Å². The van der Waals surface area contributed by atoms with Crippen molar-refractivity contribution in [2.75, 3.05) is 24.3 Å². The number of anilines is 2. The lowest BCUT2D eigenvalue weighted by Crippen LogP contribution is -2.37. The van der Waals surface area contributed by atoms with Crippen molar-refractivity contribution in [3.8, 4) is 0 Å². The summed E-state index contributed by atoms with van der Waals surface area (Å²) in [5.41, 5.74) is 1.73. The summed E-state index contributed by atoms with van der Waals surface area (Å²) in [4.78, 5) is 43.7. The second-order valence-electron chi connectivity index (χ2n) is 8.21. The van der Waals surface area contributed by atoms with Gasteiger partial charge in [0.05, 0.1) is 11.4 Å². The van der Waals surface area contributed by atoms with Crippen LogP contribution in [-0.4, -0.2) is 37.8 Å². The van der Waals surface area contributed by atoms with Crippen molar-refractivity contribution in [2.45, 2.75) is 27.7 Å². The van der Waals surface area contributed by atoms with Crippen LogP contribution in [0.4, 0.5) is 17.1 Å². The number of amides is 1. The molecule has 0 saturated carbocycles. The molecule has 30 heavy (non-hydrogen) atoms. The van der Waals surface area contributed by atoms with Gasteiger partial charge in [-0.2, -0.15) is 0 Å². The Hall–Kier alpha value is -2.99. The topological polar surface area (TPSA) is 78.8 Å². The van der Waals surface area contributed by atoms with Gasteiger partial charge in [-0.1, -0.05) is 32.4 Å². The van der Waals surface area contributed by atoms with E-state index in [0.717, 1.165) is 11.3 Å². The zero-order valence-electron chi connectivity index (χ0n) is 18.0. The number of carbonyl (C=O) groups excluding carboxylic acids is 3. The van der Waals surface area contributed by atoms with Gasteiger partial charge in [-0.25, -0.2) is 4.99 Å². The first kappa shape index (κ1) is 23.3. The van der Waals surface area contributed by atoms with E-state index in [1.165, 1.54) is 12.1 Å². The highest BCUT2D eigenvalue weighted by Gasteiger charge is 2.31. The molecule has 0 atom stereocenters. The molecule has 0 saturated heterocycles. The van der Waals surface area contributed by atoms with Crippen LogP contribution >= 0.6 is 11.6 Å². The predicted octanol–water partition coefficient (Wildman–Crippen LogP) is 4.85. The monoisotopic (exact) mass is 427 g/mol. The maximum atomic E-state index is 13.0. The van der Waals surface area contributed by atoms with Crippen molar-refractivity contribution >= 4 is 52.4 Å². The van der Waals surface area contributed by atoms with Crippen LogP contribution in [0, 0.1) is 12.3 Å². The molecule has 6 nitrogen and oxygen atoms in total. The second kappa shape index (κ2) is 9.22. The molecule has 1 N–H and O–H groups in total. The minimum Gasteiger partial charge on any atom is -0.378 e. The smallest absolute Gasteiger partial charge is 0.278 e. The zero-order chi connectivity index (χ0) is 22.6. The predicted molar refractivity (Wildman–Crippen MR) is 123 cm³/mol. The van der Waals surface area contributed by atoms with E-state index in [2.05, 4.69) is 10.3 Å². The molecule has 1 amide bonds. The summed E-state index contributed by atoms with van der Waals surface area (Å²) < 4.78 is 0.